The molecule has 18 heavy (non-hydrogen) atoms. The van der Waals surface area contributed by atoms with Crippen LogP contribution in [-0.2, 0) is 6.42 Å². The summed E-state index contributed by atoms with van der Waals surface area (Å²) in [7, 11) is 0. The van der Waals surface area contributed by atoms with Crippen molar-refractivity contribution < 1.29 is 0 Å². The average Bonchev–Trinajstić information content (AvgIpc) is 2.83. The lowest BCUT2D eigenvalue weighted by atomic mass is 9.82. The summed E-state index contributed by atoms with van der Waals surface area (Å²) in [5.41, 5.74) is 0.490. The first-order chi connectivity index (χ1) is 8.62. The van der Waals surface area contributed by atoms with Crippen molar-refractivity contribution >= 4 is 21.7 Å². The molecule has 2 heterocycles. The summed E-state index contributed by atoms with van der Waals surface area (Å²) in [5, 5.41) is 0. The molecule has 0 spiro atoms. The Balaban J connectivity index is 2.21. The molecule has 0 saturated carbocycles. The topological polar surface area (TPSA) is 29.0 Å². The van der Waals surface area contributed by atoms with Crippen LogP contribution in [0.25, 0.3) is 0 Å². The van der Waals surface area contributed by atoms with Crippen LogP contribution in [0.5, 0.6) is 0 Å². The molecule has 0 aromatic carbocycles. The van der Waals surface area contributed by atoms with Crippen molar-refractivity contribution in [1.29, 1.82) is 0 Å². The van der Waals surface area contributed by atoms with E-state index in [0.717, 1.165) is 35.8 Å². The summed E-state index contributed by atoms with van der Waals surface area (Å²) >= 11 is 3.49. The molecule has 1 aromatic heterocycles. The summed E-state index contributed by atoms with van der Waals surface area (Å²) in [6, 6.07) is 2.04. The van der Waals surface area contributed by atoms with Crippen LogP contribution in [0, 0.1) is 5.41 Å². The molecule has 1 fully saturated rings. The van der Waals surface area contributed by atoms with Crippen LogP contribution in [0.4, 0.5) is 5.82 Å². The van der Waals surface area contributed by atoms with Crippen LogP contribution in [-0.4, -0.2) is 23.1 Å². The maximum Gasteiger partial charge on any atom is 0.133 e. The van der Waals surface area contributed by atoms with E-state index in [2.05, 4.69) is 51.6 Å². The smallest absolute Gasteiger partial charge is 0.133 e. The van der Waals surface area contributed by atoms with Gasteiger partial charge >= 0.3 is 0 Å². The van der Waals surface area contributed by atoms with E-state index in [0.29, 0.717) is 5.41 Å². The van der Waals surface area contributed by atoms with Crippen molar-refractivity contribution in [3.63, 3.8) is 0 Å². The predicted molar refractivity (Wildman–Crippen MR) is 79.0 cm³/mol. The van der Waals surface area contributed by atoms with E-state index in [4.69, 9.17) is 0 Å². The fourth-order valence-electron chi connectivity index (χ4n) is 2.73. The van der Waals surface area contributed by atoms with Gasteiger partial charge in [-0.25, -0.2) is 9.97 Å². The Morgan fingerprint density at radius 1 is 1.28 bits per heavy atom. The second kappa shape index (κ2) is 5.55. The molecule has 0 atom stereocenters. The lowest BCUT2D eigenvalue weighted by Gasteiger charge is -2.26. The van der Waals surface area contributed by atoms with E-state index in [1.165, 1.54) is 19.3 Å². The third-order valence-electron chi connectivity index (χ3n) is 4.31. The first-order valence-corrected chi connectivity index (χ1v) is 7.70. The number of hydrogen-bond acceptors (Lipinski definition) is 3. The zero-order chi connectivity index (χ0) is 13.2. The number of halogens is 1. The molecule has 1 aromatic rings. The van der Waals surface area contributed by atoms with E-state index >= 15 is 0 Å². The molecular formula is C14H22BrN3. The summed E-state index contributed by atoms with van der Waals surface area (Å²) in [6.07, 6.45) is 4.68. The lowest BCUT2D eigenvalue weighted by molar-refractivity contribution is 0.301. The van der Waals surface area contributed by atoms with Crippen LogP contribution < -0.4 is 4.90 Å². The molecule has 2 rings (SSSR count). The summed E-state index contributed by atoms with van der Waals surface area (Å²) in [6.45, 7) is 8.96. The minimum atomic E-state index is 0.490. The molecule has 0 radical (unpaired) electrons. The molecule has 100 valence electrons. The van der Waals surface area contributed by atoms with Gasteiger partial charge in [0.15, 0.2) is 0 Å². The number of hydrogen-bond donors (Lipinski definition) is 0. The van der Waals surface area contributed by atoms with Crippen LogP contribution in [0.3, 0.4) is 0 Å². The Bertz CT molecular complexity index is 416. The molecule has 1 saturated heterocycles. The van der Waals surface area contributed by atoms with Gasteiger partial charge in [-0.2, -0.15) is 0 Å². The van der Waals surface area contributed by atoms with Gasteiger partial charge in [-0.1, -0.05) is 20.8 Å². The van der Waals surface area contributed by atoms with Crippen LogP contribution >= 0.6 is 15.9 Å². The fraction of sp³-hybridized carbons (Fsp3) is 0.714. The van der Waals surface area contributed by atoms with Crippen molar-refractivity contribution in [3.05, 3.63) is 16.5 Å². The van der Waals surface area contributed by atoms with Gasteiger partial charge in [0, 0.05) is 25.6 Å². The lowest BCUT2D eigenvalue weighted by Crippen LogP contribution is -2.27. The molecule has 0 unspecified atom stereocenters. The zero-order valence-electron chi connectivity index (χ0n) is 11.5. The van der Waals surface area contributed by atoms with Gasteiger partial charge in [0.05, 0.1) is 0 Å². The van der Waals surface area contributed by atoms with Crippen molar-refractivity contribution in [2.45, 2.75) is 46.5 Å². The van der Waals surface area contributed by atoms with Gasteiger partial charge in [0.2, 0.25) is 0 Å². The Hall–Kier alpha value is -0.640. The van der Waals surface area contributed by atoms with Crippen LogP contribution in [0.2, 0.25) is 0 Å². The molecule has 4 heteroatoms. The zero-order valence-corrected chi connectivity index (χ0v) is 13.1. The minimum absolute atomic E-state index is 0.490. The monoisotopic (exact) mass is 311 g/mol. The highest BCUT2D eigenvalue weighted by Gasteiger charge is 2.35. The number of aromatic nitrogens is 2. The van der Waals surface area contributed by atoms with Crippen molar-refractivity contribution in [2.24, 2.45) is 5.41 Å². The molecule has 0 bridgehead atoms. The van der Waals surface area contributed by atoms with Gasteiger partial charge < -0.3 is 4.90 Å². The van der Waals surface area contributed by atoms with E-state index in [1.807, 2.05) is 6.07 Å². The van der Waals surface area contributed by atoms with Gasteiger partial charge in [0.1, 0.15) is 16.2 Å². The highest BCUT2D eigenvalue weighted by atomic mass is 79.9. The van der Waals surface area contributed by atoms with Crippen LogP contribution in [0.1, 0.15) is 45.9 Å². The minimum Gasteiger partial charge on any atom is -0.356 e. The fourth-order valence-corrected chi connectivity index (χ4v) is 3.14. The second-order valence-corrected chi connectivity index (χ2v) is 6.01. The van der Waals surface area contributed by atoms with E-state index < -0.39 is 0 Å². The second-order valence-electron chi connectivity index (χ2n) is 5.20. The van der Waals surface area contributed by atoms with Gasteiger partial charge in [-0.3, -0.25) is 0 Å². The number of aryl methyl sites for hydroxylation is 1. The Kier molecular flexibility index (Phi) is 4.25. The number of anilines is 1. The van der Waals surface area contributed by atoms with Crippen LogP contribution in [0.15, 0.2) is 10.7 Å². The molecular weight excluding hydrogens is 290 g/mol. The van der Waals surface area contributed by atoms with E-state index in [-0.39, 0.29) is 0 Å². The third kappa shape index (κ3) is 2.68. The first kappa shape index (κ1) is 13.8. The summed E-state index contributed by atoms with van der Waals surface area (Å²) in [4.78, 5) is 11.4. The maximum atomic E-state index is 4.65. The Morgan fingerprint density at radius 2 is 2.00 bits per heavy atom. The Morgan fingerprint density at radius 3 is 2.56 bits per heavy atom. The molecule has 0 amide bonds. The van der Waals surface area contributed by atoms with E-state index in [9.17, 15) is 0 Å². The molecule has 0 N–H and O–H groups in total. The van der Waals surface area contributed by atoms with Gasteiger partial charge in [-0.05, 0) is 40.6 Å². The maximum absolute atomic E-state index is 4.65. The van der Waals surface area contributed by atoms with Crippen molar-refractivity contribution in [2.75, 3.05) is 18.0 Å². The molecule has 0 aliphatic carbocycles. The third-order valence-corrected chi connectivity index (χ3v) is 4.71. The largest absolute Gasteiger partial charge is 0.356 e. The predicted octanol–water partition coefficient (Wildman–Crippen LogP) is 3.82. The normalized spacial score (nSPS) is 18.3. The van der Waals surface area contributed by atoms with Gasteiger partial charge in [-0.15, -0.1) is 0 Å². The molecule has 3 nitrogen and oxygen atoms in total. The van der Waals surface area contributed by atoms with Gasteiger partial charge in [0.25, 0.3) is 0 Å². The Labute approximate surface area is 118 Å². The first-order valence-electron chi connectivity index (χ1n) is 6.91. The van der Waals surface area contributed by atoms with E-state index in [1.54, 1.807) is 0 Å². The molecule has 1 aliphatic rings. The highest BCUT2D eigenvalue weighted by Crippen LogP contribution is 2.38. The highest BCUT2D eigenvalue weighted by molar-refractivity contribution is 9.10. The van der Waals surface area contributed by atoms with Crippen molar-refractivity contribution in [1.82, 2.24) is 9.97 Å². The number of rotatable bonds is 4. The molecule has 1 aliphatic heterocycles. The average molecular weight is 312 g/mol. The summed E-state index contributed by atoms with van der Waals surface area (Å²) in [5.74, 6) is 2.00. The summed E-state index contributed by atoms with van der Waals surface area (Å²) < 4.78 is 0.898. The number of nitrogens with zero attached hydrogens (tertiary/aromatic N) is 3. The SMILES string of the molecule is CCc1nc(Br)cc(N2CCC(CC)(CC)C2)n1. The van der Waals surface area contributed by atoms with Crippen molar-refractivity contribution in [3.8, 4) is 0 Å². The quantitative estimate of drug-likeness (QED) is 0.792. The standard InChI is InChI=1S/C14H22BrN3/c1-4-12-16-11(15)9-13(17-12)18-8-7-14(5-2,6-3)10-18/h9H,4-8,10H2,1-3H3.